The molecule has 0 saturated heterocycles. The van der Waals surface area contributed by atoms with Crippen LogP contribution in [-0.4, -0.2) is 50.6 Å². The molecule has 0 saturated carbocycles. The number of carboxylic acid groups (broad SMARTS) is 2. The maximum absolute atomic E-state index is 9.00. The van der Waals surface area contributed by atoms with Crippen molar-refractivity contribution < 1.29 is 59.8 Å². The van der Waals surface area contributed by atoms with Crippen molar-refractivity contribution in [3.63, 3.8) is 0 Å². The summed E-state index contributed by atoms with van der Waals surface area (Å²) in [5.41, 5.74) is 2.63. The quantitative estimate of drug-likeness (QED) is 0.185. The number of carbonyl (C=O) groups is 2. The Hall–Kier alpha value is -3.99. The van der Waals surface area contributed by atoms with E-state index in [1.807, 2.05) is 30.3 Å². The van der Waals surface area contributed by atoms with Gasteiger partial charge < -0.3 is 29.2 Å². The monoisotopic (exact) mass is 787 g/mol. The smallest absolute Gasteiger partial charge is 0.300 e. The zero-order valence-electron chi connectivity index (χ0n) is 25.0. The van der Waals surface area contributed by atoms with E-state index in [1.165, 1.54) is 10.6 Å². The van der Waals surface area contributed by atoms with E-state index >= 15 is 0 Å². The molecule has 0 heterocycles. The molecule has 10 heteroatoms. The van der Waals surface area contributed by atoms with Crippen molar-refractivity contribution >= 4 is 35.8 Å². The molecule has 0 aromatic heterocycles. The van der Waals surface area contributed by atoms with Crippen molar-refractivity contribution in [1.29, 1.82) is 0 Å². The summed E-state index contributed by atoms with van der Waals surface area (Å²) in [6.07, 6.45) is 0. The molecule has 0 atom stereocenters. The van der Waals surface area contributed by atoms with E-state index < -0.39 is 19.9 Å². The standard InChI is InChI=1S/C29H28O4P.2C2H4O2.Pt/c1-20-16-21(30-2)17-25(32-4)28(20)29-26(33-5)18-22(31-3)19-27(29)34(23-12-8-6-9-13-23)24-14-10-7-11-15-24;2*1-2(3)4;/h6-19H,1H2,2-5H3;2*1H3,(H,3,4);/q-1;;;/p+1. The van der Waals surface area contributed by atoms with Crippen molar-refractivity contribution in [1.82, 2.24) is 0 Å². The molecule has 2 N–H and O–H groups in total. The molecule has 0 spiro atoms. The number of benzene rings is 4. The van der Waals surface area contributed by atoms with Crippen molar-refractivity contribution in [2.75, 3.05) is 28.4 Å². The summed E-state index contributed by atoms with van der Waals surface area (Å²) in [5, 5.41) is 18.5. The van der Waals surface area contributed by atoms with Crippen LogP contribution in [0.25, 0.3) is 11.1 Å². The minimum absolute atomic E-state index is 0. The second kappa shape index (κ2) is 18.5. The predicted molar refractivity (Wildman–Crippen MR) is 169 cm³/mol. The molecule has 0 unspecified atom stereocenters. The molecule has 0 radical (unpaired) electrons. The Balaban J connectivity index is 0.000000917. The van der Waals surface area contributed by atoms with Crippen LogP contribution in [0.3, 0.4) is 0 Å². The van der Waals surface area contributed by atoms with Crippen LogP contribution in [0.5, 0.6) is 23.0 Å². The summed E-state index contributed by atoms with van der Waals surface area (Å²) in [7, 11) is 5.21. The van der Waals surface area contributed by atoms with Gasteiger partial charge in [-0.05, 0) is 30.3 Å². The van der Waals surface area contributed by atoms with Crippen LogP contribution in [0.4, 0.5) is 0 Å². The first-order valence-electron chi connectivity index (χ1n) is 12.8. The Kier molecular flexibility index (Phi) is 16.0. The van der Waals surface area contributed by atoms with Gasteiger partial charge in [0.15, 0.2) is 0 Å². The van der Waals surface area contributed by atoms with Crippen LogP contribution in [0, 0.1) is 6.92 Å². The zero-order chi connectivity index (χ0) is 31.2. The first kappa shape index (κ1) is 37.0. The van der Waals surface area contributed by atoms with E-state index in [4.69, 9.17) is 38.7 Å². The molecular formula is C33H37O8PPt. The van der Waals surface area contributed by atoms with Crippen molar-refractivity contribution in [3.8, 4) is 34.1 Å². The van der Waals surface area contributed by atoms with Crippen LogP contribution >= 0.6 is 7.92 Å². The third kappa shape index (κ3) is 10.7. The fourth-order valence-electron chi connectivity index (χ4n) is 4.22. The van der Waals surface area contributed by atoms with Gasteiger partial charge in [0, 0.05) is 52.6 Å². The summed E-state index contributed by atoms with van der Waals surface area (Å²) in [4.78, 5) is 18.0. The maximum Gasteiger partial charge on any atom is 0.300 e. The molecule has 8 nitrogen and oxygen atoms in total. The van der Waals surface area contributed by atoms with Crippen molar-refractivity contribution in [2.24, 2.45) is 0 Å². The van der Waals surface area contributed by atoms with E-state index in [1.54, 1.807) is 28.4 Å². The molecule has 0 bridgehead atoms. The van der Waals surface area contributed by atoms with Gasteiger partial charge in [0.05, 0.1) is 47.9 Å². The number of rotatable bonds is 8. The van der Waals surface area contributed by atoms with Gasteiger partial charge in [-0.3, -0.25) is 9.59 Å². The zero-order valence-corrected chi connectivity index (χ0v) is 28.2. The molecule has 0 aliphatic carbocycles. The first-order valence-corrected chi connectivity index (χ1v) is 14.3. The van der Waals surface area contributed by atoms with Gasteiger partial charge in [-0.2, -0.15) is 12.5 Å². The molecule has 0 fully saturated rings. The fourth-order valence-corrected chi connectivity index (χ4v) is 7.01. The second-order valence-electron chi connectivity index (χ2n) is 8.76. The summed E-state index contributed by atoms with van der Waals surface area (Å²) in [6, 6.07) is 29.0. The molecule has 0 amide bonds. The molecule has 4 aromatic carbocycles. The Bertz CT molecular complexity index is 1400. The molecule has 4 rings (SSSR count). The average Bonchev–Trinajstić information content (AvgIpc) is 2.97. The average molecular weight is 788 g/mol. The summed E-state index contributed by atoms with van der Waals surface area (Å²) in [6.45, 7) is 6.51. The van der Waals surface area contributed by atoms with E-state index in [2.05, 4.69) is 61.5 Å². The third-order valence-corrected chi connectivity index (χ3v) is 8.54. The molecule has 4 aromatic rings. The van der Waals surface area contributed by atoms with E-state index in [9.17, 15) is 0 Å². The van der Waals surface area contributed by atoms with E-state index in [0.29, 0.717) is 17.2 Å². The largest absolute Gasteiger partial charge is 0.509 e. The minimum Gasteiger partial charge on any atom is -0.509 e. The van der Waals surface area contributed by atoms with Gasteiger partial charge in [0.2, 0.25) is 0 Å². The second-order valence-corrected chi connectivity index (χ2v) is 11.2. The predicted octanol–water partition coefficient (Wildman–Crippen LogP) is 5.24. The topological polar surface area (TPSA) is 112 Å². The van der Waals surface area contributed by atoms with Crippen LogP contribution in [-0.2, 0) is 30.7 Å². The SMILES string of the molecule is CC(=O)O.CC(=O)O.[CH2-]c1cc(OC)cc(OC)c1-c1c(OC)cc(OC)cc1[PH+](c1ccccc1)c1ccccc1.[Pt]. The van der Waals surface area contributed by atoms with Gasteiger partial charge in [0.1, 0.15) is 27.4 Å². The van der Waals surface area contributed by atoms with Crippen LogP contribution < -0.4 is 34.9 Å². The molecular weight excluding hydrogens is 750 g/mol. The molecule has 43 heavy (non-hydrogen) atoms. The summed E-state index contributed by atoms with van der Waals surface area (Å²) >= 11 is 0. The van der Waals surface area contributed by atoms with Crippen LogP contribution in [0.1, 0.15) is 19.4 Å². The van der Waals surface area contributed by atoms with Crippen LogP contribution in [0.15, 0.2) is 84.9 Å². The maximum atomic E-state index is 9.00. The Labute approximate surface area is 268 Å². The number of ether oxygens (including phenoxy) is 4. The number of hydrogen-bond donors (Lipinski definition) is 2. The van der Waals surface area contributed by atoms with Gasteiger partial charge >= 0.3 is 0 Å². The normalized spacial score (nSPS) is 9.65. The van der Waals surface area contributed by atoms with Crippen LogP contribution in [0.2, 0.25) is 0 Å². The van der Waals surface area contributed by atoms with Gasteiger partial charge in [-0.25, -0.2) is 0 Å². The third-order valence-electron chi connectivity index (χ3n) is 5.79. The molecule has 0 aliphatic heterocycles. The number of methoxy groups -OCH3 is 4. The van der Waals surface area contributed by atoms with E-state index in [-0.39, 0.29) is 21.1 Å². The number of aliphatic carboxylic acids is 2. The Morgan fingerprint density at radius 3 is 1.37 bits per heavy atom. The summed E-state index contributed by atoms with van der Waals surface area (Å²) < 4.78 is 22.9. The molecule has 232 valence electrons. The van der Waals surface area contributed by atoms with Crippen molar-refractivity contribution in [3.05, 3.63) is 97.4 Å². The Morgan fingerprint density at radius 1 is 0.628 bits per heavy atom. The van der Waals surface area contributed by atoms with E-state index in [0.717, 1.165) is 41.6 Å². The number of carboxylic acids is 2. The van der Waals surface area contributed by atoms with Gasteiger partial charge in [-0.1, -0.05) is 42.0 Å². The Morgan fingerprint density at radius 2 is 1.00 bits per heavy atom. The molecule has 0 aliphatic rings. The number of hydrogen-bond acceptors (Lipinski definition) is 6. The minimum atomic E-state index is -1.45. The van der Waals surface area contributed by atoms with Crippen molar-refractivity contribution in [2.45, 2.75) is 13.8 Å². The fraction of sp³-hybridized carbons (Fsp3) is 0.182. The first-order chi connectivity index (χ1) is 20.1. The van der Waals surface area contributed by atoms with Gasteiger partial charge in [0.25, 0.3) is 11.9 Å². The van der Waals surface area contributed by atoms with Gasteiger partial charge in [-0.15, -0.1) is 6.07 Å². The summed E-state index contributed by atoms with van der Waals surface area (Å²) in [5.74, 6) is 1.15.